The molecule has 0 aliphatic carbocycles. The Labute approximate surface area is 124 Å². The maximum absolute atomic E-state index is 11.9. The molecule has 0 spiro atoms. The second kappa shape index (κ2) is 7.21. The van der Waals surface area contributed by atoms with E-state index >= 15 is 0 Å². The number of esters is 1. The predicted octanol–water partition coefficient (Wildman–Crippen LogP) is 1.08. The first kappa shape index (κ1) is 17.2. The van der Waals surface area contributed by atoms with Crippen LogP contribution in [0.1, 0.15) is 29.3 Å². The van der Waals surface area contributed by atoms with Crippen LogP contribution < -0.4 is 5.32 Å². The minimum atomic E-state index is -3.41. The molecule has 1 N–H and O–H groups in total. The average Bonchev–Trinajstić information content (AvgIpc) is 2.41. The number of aryl methyl sites for hydroxylation is 1. The molecule has 7 heteroatoms. The second-order valence-corrected chi connectivity index (χ2v) is 6.69. The van der Waals surface area contributed by atoms with Gasteiger partial charge in [-0.15, -0.1) is 0 Å². The van der Waals surface area contributed by atoms with Crippen molar-refractivity contribution in [2.24, 2.45) is 0 Å². The Bertz CT molecular complexity index is 637. The zero-order chi connectivity index (χ0) is 16.0. The van der Waals surface area contributed by atoms with E-state index in [1.165, 1.54) is 18.2 Å². The van der Waals surface area contributed by atoms with Gasteiger partial charge in [0, 0.05) is 12.8 Å². The Morgan fingerprint density at radius 2 is 1.95 bits per heavy atom. The van der Waals surface area contributed by atoms with Crippen LogP contribution in [0.3, 0.4) is 0 Å². The minimum Gasteiger partial charge on any atom is -0.452 e. The highest BCUT2D eigenvalue weighted by atomic mass is 32.2. The molecule has 1 rings (SSSR count). The van der Waals surface area contributed by atoms with Gasteiger partial charge in [-0.3, -0.25) is 4.79 Å². The fourth-order valence-corrected chi connectivity index (χ4v) is 2.22. The molecule has 6 nitrogen and oxygen atoms in total. The molecule has 0 aromatic heterocycles. The third-order valence-electron chi connectivity index (χ3n) is 2.76. The molecular weight excluding hydrogens is 294 g/mol. The topological polar surface area (TPSA) is 89.5 Å². The van der Waals surface area contributed by atoms with Crippen LogP contribution in [0.2, 0.25) is 0 Å². The summed E-state index contributed by atoms with van der Waals surface area (Å²) in [5, 5.41) is 2.58. The highest BCUT2D eigenvalue weighted by molar-refractivity contribution is 7.90. The van der Waals surface area contributed by atoms with Crippen LogP contribution >= 0.6 is 0 Å². The number of benzene rings is 1. The first-order chi connectivity index (χ1) is 9.75. The van der Waals surface area contributed by atoms with Crippen molar-refractivity contribution in [3.05, 3.63) is 29.3 Å². The number of ether oxygens (including phenoxy) is 1. The van der Waals surface area contributed by atoms with Crippen LogP contribution in [0.25, 0.3) is 0 Å². The maximum atomic E-state index is 11.9. The van der Waals surface area contributed by atoms with Gasteiger partial charge in [-0.2, -0.15) is 0 Å². The molecule has 116 valence electrons. The van der Waals surface area contributed by atoms with Gasteiger partial charge < -0.3 is 10.1 Å². The fourth-order valence-electron chi connectivity index (χ4n) is 1.58. The summed E-state index contributed by atoms with van der Waals surface area (Å²) in [5.41, 5.74) is 0.725. The van der Waals surface area contributed by atoms with Gasteiger partial charge in [0.2, 0.25) is 0 Å². The zero-order valence-corrected chi connectivity index (χ0v) is 13.1. The Kier molecular flexibility index (Phi) is 5.90. The van der Waals surface area contributed by atoms with Crippen LogP contribution in [0.5, 0.6) is 0 Å². The highest BCUT2D eigenvalue weighted by Gasteiger charge is 2.16. The Hall–Kier alpha value is -1.89. The van der Waals surface area contributed by atoms with E-state index in [0.717, 1.165) is 12.7 Å². The van der Waals surface area contributed by atoms with Gasteiger partial charge in [-0.1, -0.05) is 13.0 Å². The molecule has 1 aromatic rings. The summed E-state index contributed by atoms with van der Waals surface area (Å²) < 4.78 is 27.9. The zero-order valence-electron chi connectivity index (χ0n) is 12.3. The van der Waals surface area contributed by atoms with Gasteiger partial charge in [-0.05, 0) is 31.0 Å². The first-order valence-corrected chi connectivity index (χ1v) is 8.39. The maximum Gasteiger partial charge on any atom is 0.338 e. The normalized spacial score (nSPS) is 11.0. The summed E-state index contributed by atoms with van der Waals surface area (Å²) in [6, 6.07) is 4.22. The number of hydrogen-bond donors (Lipinski definition) is 1. The quantitative estimate of drug-likeness (QED) is 0.794. The van der Waals surface area contributed by atoms with E-state index in [-0.39, 0.29) is 23.0 Å². The van der Waals surface area contributed by atoms with Gasteiger partial charge in [-0.25, -0.2) is 13.2 Å². The first-order valence-electron chi connectivity index (χ1n) is 6.50. The van der Waals surface area contributed by atoms with E-state index in [4.69, 9.17) is 4.74 Å². The van der Waals surface area contributed by atoms with Gasteiger partial charge in [0.05, 0.1) is 10.5 Å². The molecule has 0 radical (unpaired) electrons. The van der Waals surface area contributed by atoms with Crippen LogP contribution in [0.15, 0.2) is 23.1 Å². The molecule has 0 atom stereocenters. The van der Waals surface area contributed by atoms with Crippen LogP contribution in [0.4, 0.5) is 0 Å². The van der Waals surface area contributed by atoms with Crippen molar-refractivity contribution in [2.75, 3.05) is 19.4 Å². The molecule has 0 fully saturated rings. The summed E-state index contributed by atoms with van der Waals surface area (Å²) in [6.07, 6.45) is 1.85. The van der Waals surface area contributed by atoms with Crippen molar-refractivity contribution in [3.63, 3.8) is 0 Å². The Balaban J connectivity index is 2.81. The third-order valence-corrected chi connectivity index (χ3v) is 3.87. The van der Waals surface area contributed by atoms with Crippen molar-refractivity contribution < 1.29 is 22.7 Å². The average molecular weight is 313 g/mol. The highest BCUT2D eigenvalue weighted by Crippen LogP contribution is 2.16. The van der Waals surface area contributed by atoms with Gasteiger partial charge in [0.25, 0.3) is 5.91 Å². The lowest BCUT2D eigenvalue weighted by molar-refractivity contribution is -0.124. The number of carbonyl (C=O) groups is 2. The molecule has 0 unspecified atom stereocenters. The number of carbonyl (C=O) groups excluding carboxylic acids is 2. The summed E-state index contributed by atoms with van der Waals surface area (Å²) in [6.45, 7) is 3.70. The molecule has 0 aliphatic rings. The summed E-state index contributed by atoms with van der Waals surface area (Å²) >= 11 is 0. The molecule has 0 aliphatic heterocycles. The number of nitrogens with one attached hydrogen (secondary N) is 1. The number of sulfone groups is 1. The summed E-state index contributed by atoms with van der Waals surface area (Å²) in [5.74, 6) is -1.10. The van der Waals surface area contributed by atoms with Crippen LogP contribution in [0, 0.1) is 6.92 Å². The SMILES string of the molecule is CCCNC(=O)COC(=O)c1cc(S(C)(=O)=O)ccc1C. The lowest BCUT2D eigenvalue weighted by Crippen LogP contribution is -2.29. The van der Waals surface area contributed by atoms with E-state index in [1.807, 2.05) is 6.92 Å². The van der Waals surface area contributed by atoms with Crippen LogP contribution in [-0.4, -0.2) is 39.7 Å². The van der Waals surface area contributed by atoms with Gasteiger partial charge in [0.15, 0.2) is 16.4 Å². The Morgan fingerprint density at radius 3 is 2.52 bits per heavy atom. The molecule has 0 saturated heterocycles. The van der Waals surface area contributed by atoms with E-state index in [9.17, 15) is 18.0 Å². The predicted molar refractivity (Wildman–Crippen MR) is 77.9 cm³/mol. The summed E-state index contributed by atoms with van der Waals surface area (Å²) in [4.78, 5) is 23.3. The Morgan fingerprint density at radius 1 is 1.29 bits per heavy atom. The smallest absolute Gasteiger partial charge is 0.338 e. The monoisotopic (exact) mass is 313 g/mol. The van der Waals surface area contributed by atoms with E-state index in [1.54, 1.807) is 6.92 Å². The molecule has 1 amide bonds. The number of rotatable bonds is 6. The van der Waals surface area contributed by atoms with Crippen molar-refractivity contribution in [3.8, 4) is 0 Å². The summed E-state index contributed by atoms with van der Waals surface area (Å²) in [7, 11) is -3.41. The van der Waals surface area contributed by atoms with Crippen molar-refractivity contribution in [1.29, 1.82) is 0 Å². The molecule has 0 heterocycles. The lowest BCUT2D eigenvalue weighted by Gasteiger charge is -2.09. The standard InChI is InChI=1S/C14H19NO5S/c1-4-7-15-13(16)9-20-14(17)12-8-11(21(3,18)19)6-5-10(12)2/h5-6,8H,4,7,9H2,1-3H3,(H,15,16). The molecule has 1 aromatic carbocycles. The minimum absolute atomic E-state index is 0.0375. The van der Waals surface area contributed by atoms with Crippen molar-refractivity contribution in [2.45, 2.75) is 25.2 Å². The third kappa shape index (κ3) is 5.18. The number of amides is 1. The van der Waals surface area contributed by atoms with Crippen molar-refractivity contribution >= 4 is 21.7 Å². The second-order valence-electron chi connectivity index (χ2n) is 4.67. The van der Waals surface area contributed by atoms with Gasteiger partial charge in [0.1, 0.15) is 0 Å². The van der Waals surface area contributed by atoms with E-state index in [0.29, 0.717) is 12.1 Å². The largest absolute Gasteiger partial charge is 0.452 e. The molecular formula is C14H19NO5S. The molecule has 0 bridgehead atoms. The molecule has 21 heavy (non-hydrogen) atoms. The van der Waals surface area contributed by atoms with Crippen molar-refractivity contribution in [1.82, 2.24) is 5.32 Å². The van der Waals surface area contributed by atoms with E-state index in [2.05, 4.69) is 5.32 Å². The fraction of sp³-hybridized carbons (Fsp3) is 0.429. The molecule has 0 saturated carbocycles. The van der Waals surface area contributed by atoms with Gasteiger partial charge >= 0.3 is 5.97 Å². The lowest BCUT2D eigenvalue weighted by atomic mass is 10.1. The number of hydrogen-bond acceptors (Lipinski definition) is 5. The van der Waals surface area contributed by atoms with E-state index < -0.39 is 15.8 Å². The van der Waals surface area contributed by atoms with Crippen LogP contribution in [-0.2, 0) is 19.4 Å².